The molecule has 1 amide bonds. The number of esters is 1. The summed E-state index contributed by atoms with van der Waals surface area (Å²) in [6, 6.07) is 9.68. The van der Waals surface area contributed by atoms with Crippen molar-refractivity contribution in [3.8, 4) is 11.5 Å². The Bertz CT molecular complexity index is 1000. The SMILES string of the molecule is COc1cc(C(=O)O[C@H](C)C(=O)N2c3ccccc3C[C@H]2C)c([N+](=O)[O-])cc1OC. The lowest BCUT2D eigenvalue weighted by molar-refractivity contribution is -0.385. The number of carbonyl (C=O) groups is 2. The molecule has 0 unspecified atom stereocenters. The molecule has 0 fully saturated rings. The van der Waals surface area contributed by atoms with E-state index in [1.807, 2.05) is 31.2 Å². The Kier molecular flexibility index (Phi) is 5.91. The first-order chi connectivity index (χ1) is 14.3. The molecule has 30 heavy (non-hydrogen) atoms. The van der Waals surface area contributed by atoms with Gasteiger partial charge in [0.25, 0.3) is 11.6 Å². The fraction of sp³-hybridized carbons (Fsp3) is 0.333. The Balaban J connectivity index is 1.85. The summed E-state index contributed by atoms with van der Waals surface area (Å²) in [6.07, 6.45) is -0.442. The molecule has 0 saturated carbocycles. The molecule has 2 atom stereocenters. The number of benzene rings is 2. The van der Waals surface area contributed by atoms with Gasteiger partial charge in [-0.3, -0.25) is 14.9 Å². The van der Waals surface area contributed by atoms with E-state index in [1.165, 1.54) is 27.2 Å². The zero-order valence-electron chi connectivity index (χ0n) is 17.1. The number of methoxy groups -OCH3 is 2. The van der Waals surface area contributed by atoms with Gasteiger partial charge in [0, 0.05) is 17.8 Å². The second-order valence-corrected chi connectivity index (χ2v) is 6.92. The van der Waals surface area contributed by atoms with Crippen LogP contribution in [0.25, 0.3) is 0 Å². The van der Waals surface area contributed by atoms with E-state index in [4.69, 9.17) is 14.2 Å². The van der Waals surface area contributed by atoms with Gasteiger partial charge in [0.05, 0.1) is 25.2 Å². The Labute approximate surface area is 173 Å². The van der Waals surface area contributed by atoms with E-state index < -0.39 is 28.6 Å². The number of nitro groups is 1. The number of hydrogen-bond donors (Lipinski definition) is 0. The maximum atomic E-state index is 13.0. The molecule has 3 rings (SSSR count). The first-order valence-corrected chi connectivity index (χ1v) is 9.30. The summed E-state index contributed by atoms with van der Waals surface area (Å²) in [5.74, 6) is -1.16. The Morgan fingerprint density at radius 2 is 1.80 bits per heavy atom. The number of nitrogens with zero attached hydrogens (tertiary/aromatic N) is 2. The van der Waals surface area contributed by atoms with Crippen LogP contribution in [0, 0.1) is 10.1 Å². The van der Waals surface area contributed by atoms with Crippen molar-refractivity contribution in [3.63, 3.8) is 0 Å². The molecular formula is C21H22N2O7. The molecule has 0 radical (unpaired) electrons. The highest BCUT2D eigenvalue weighted by atomic mass is 16.6. The van der Waals surface area contributed by atoms with E-state index in [-0.39, 0.29) is 23.1 Å². The largest absolute Gasteiger partial charge is 0.493 e. The van der Waals surface area contributed by atoms with Gasteiger partial charge >= 0.3 is 5.97 Å². The third kappa shape index (κ3) is 3.78. The average molecular weight is 414 g/mol. The summed E-state index contributed by atoms with van der Waals surface area (Å²) in [4.78, 5) is 38.0. The quantitative estimate of drug-likeness (QED) is 0.406. The number of rotatable bonds is 6. The minimum absolute atomic E-state index is 0.0912. The highest BCUT2D eigenvalue weighted by molar-refractivity contribution is 6.02. The van der Waals surface area contributed by atoms with Crippen molar-refractivity contribution in [2.75, 3.05) is 19.1 Å². The number of hydrogen-bond acceptors (Lipinski definition) is 7. The van der Waals surface area contributed by atoms with Gasteiger partial charge < -0.3 is 19.1 Å². The summed E-state index contributed by atoms with van der Waals surface area (Å²) < 4.78 is 15.5. The van der Waals surface area contributed by atoms with Crippen molar-refractivity contribution < 1.29 is 28.7 Å². The van der Waals surface area contributed by atoms with Crippen LogP contribution < -0.4 is 14.4 Å². The standard InChI is InChI=1S/C21H22N2O7/c1-12-9-14-7-5-6-8-16(14)22(12)20(24)13(2)30-21(25)15-10-18(28-3)19(29-4)11-17(15)23(26)27/h5-8,10-13H,9H2,1-4H3/t12-,13-/m1/s1. The lowest BCUT2D eigenvalue weighted by Gasteiger charge is -2.26. The van der Waals surface area contributed by atoms with Gasteiger partial charge in [-0.05, 0) is 31.9 Å². The number of amides is 1. The van der Waals surface area contributed by atoms with Gasteiger partial charge in [0.2, 0.25) is 0 Å². The number of anilines is 1. The van der Waals surface area contributed by atoms with E-state index in [1.54, 1.807) is 4.90 Å². The molecule has 0 N–H and O–H groups in total. The molecule has 0 bridgehead atoms. The molecule has 2 aromatic carbocycles. The minimum atomic E-state index is -1.14. The van der Waals surface area contributed by atoms with Gasteiger partial charge in [0.1, 0.15) is 5.56 Å². The van der Waals surface area contributed by atoms with Gasteiger partial charge in [-0.1, -0.05) is 18.2 Å². The number of carbonyl (C=O) groups excluding carboxylic acids is 2. The highest BCUT2D eigenvalue weighted by Gasteiger charge is 2.35. The third-order valence-electron chi connectivity index (χ3n) is 4.99. The lowest BCUT2D eigenvalue weighted by Crippen LogP contribution is -2.43. The van der Waals surface area contributed by atoms with Crippen molar-refractivity contribution in [3.05, 3.63) is 57.6 Å². The van der Waals surface area contributed by atoms with Crippen molar-refractivity contribution >= 4 is 23.3 Å². The summed E-state index contributed by atoms with van der Waals surface area (Å²) in [5.41, 5.74) is 0.978. The minimum Gasteiger partial charge on any atom is -0.493 e. The fourth-order valence-electron chi connectivity index (χ4n) is 3.55. The topological polar surface area (TPSA) is 108 Å². The Morgan fingerprint density at radius 3 is 2.43 bits per heavy atom. The maximum Gasteiger partial charge on any atom is 0.346 e. The van der Waals surface area contributed by atoms with Crippen LogP contribution in [-0.4, -0.2) is 43.2 Å². The molecule has 158 valence electrons. The van der Waals surface area contributed by atoms with E-state index in [0.29, 0.717) is 6.42 Å². The molecule has 1 aliphatic rings. The molecule has 0 aliphatic carbocycles. The number of para-hydroxylation sites is 1. The summed E-state index contributed by atoms with van der Waals surface area (Å²) in [7, 11) is 2.67. The number of ether oxygens (including phenoxy) is 3. The third-order valence-corrected chi connectivity index (χ3v) is 4.99. The molecule has 1 aliphatic heterocycles. The predicted octanol–water partition coefficient (Wildman–Crippen LogP) is 3.14. The number of nitro benzene ring substituents is 1. The molecule has 2 aromatic rings. The summed E-state index contributed by atoms with van der Waals surface area (Å²) in [6.45, 7) is 3.35. The second kappa shape index (κ2) is 8.40. The van der Waals surface area contributed by atoms with Crippen LogP contribution in [0.4, 0.5) is 11.4 Å². The highest BCUT2D eigenvalue weighted by Crippen LogP contribution is 2.36. The first-order valence-electron chi connectivity index (χ1n) is 9.30. The molecule has 9 nitrogen and oxygen atoms in total. The molecule has 9 heteroatoms. The summed E-state index contributed by atoms with van der Waals surface area (Å²) in [5, 5.41) is 11.4. The summed E-state index contributed by atoms with van der Waals surface area (Å²) >= 11 is 0. The van der Waals surface area contributed by atoms with E-state index >= 15 is 0 Å². The van der Waals surface area contributed by atoms with E-state index in [2.05, 4.69) is 0 Å². The number of fused-ring (bicyclic) bond motifs is 1. The lowest BCUT2D eigenvalue weighted by atomic mass is 10.1. The van der Waals surface area contributed by atoms with Crippen LogP contribution in [0.2, 0.25) is 0 Å². The van der Waals surface area contributed by atoms with Crippen molar-refractivity contribution in [1.29, 1.82) is 0 Å². The van der Waals surface area contributed by atoms with Crippen molar-refractivity contribution in [2.45, 2.75) is 32.4 Å². The van der Waals surface area contributed by atoms with Crippen LogP contribution in [-0.2, 0) is 16.0 Å². The van der Waals surface area contributed by atoms with Gasteiger partial charge in [0.15, 0.2) is 17.6 Å². The van der Waals surface area contributed by atoms with Crippen LogP contribution in [0.3, 0.4) is 0 Å². The maximum absolute atomic E-state index is 13.0. The van der Waals surface area contributed by atoms with Crippen molar-refractivity contribution in [1.82, 2.24) is 0 Å². The first kappa shape index (κ1) is 21.1. The zero-order chi connectivity index (χ0) is 22.0. The molecule has 0 spiro atoms. The normalized spacial score (nSPS) is 15.9. The second-order valence-electron chi connectivity index (χ2n) is 6.92. The Hall–Kier alpha value is -3.62. The van der Waals surface area contributed by atoms with Crippen LogP contribution in [0.1, 0.15) is 29.8 Å². The van der Waals surface area contributed by atoms with Crippen molar-refractivity contribution in [2.24, 2.45) is 0 Å². The molecule has 0 aromatic heterocycles. The monoisotopic (exact) mass is 414 g/mol. The van der Waals surface area contributed by atoms with Crippen LogP contribution >= 0.6 is 0 Å². The van der Waals surface area contributed by atoms with E-state index in [9.17, 15) is 19.7 Å². The predicted molar refractivity (Wildman–Crippen MR) is 108 cm³/mol. The fourth-order valence-corrected chi connectivity index (χ4v) is 3.55. The smallest absolute Gasteiger partial charge is 0.346 e. The van der Waals surface area contributed by atoms with E-state index in [0.717, 1.165) is 17.3 Å². The average Bonchev–Trinajstić information content (AvgIpc) is 3.07. The van der Waals surface area contributed by atoms with Gasteiger partial charge in [-0.15, -0.1) is 0 Å². The van der Waals surface area contributed by atoms with Gasteiger partial charge in [-0.2, -0.15) is 0 Å². The molecule has 0 saturated heterocycles. The van der Waals surface area contributed by atoms with Crippen LogP contribution in [0.5, 0.6) is 11.5 Å². The van der Waals surface area contributed by atoms with Gasteiger partial charge in [-0.25, -0.2) is 4.79 Å². The zero-order valence-corrected chi connectivity index (χ0v) is 17.1. The van der Waals surface area contributed by atoms with Crippen LogP contribution in [0.15, 0.2) is 36.4 Å². The molecule has 1 heterocycles. The molecular weight excluding hydrogens is 392 g/mol. The Morgan fingerprint density at radius 1 is 1.17 bits per heavy atom.